The van der Waals surface area contributed by atoms with Crippen molar-refractivity contribution in [3.05, 3.63) is 46.4 Å². The second-order valence-corrected chi connectivity index (χ2v) is 5.24. The number of methoxy groups -OCH3 is 2. The summed E-state index contributed by atoms with van der Waals surface area (Å²) in [5.74, 6) is 1.53. The van der Waals surface area contributed by atoms with E-state index in [0.29, 0.717) is 0 Å². The van der Waals surface area contributed by atoms with Gasteiger partial charge in [0.25, 0.3) is 0 Å². The molecule has 0 saturated heterocycles. The van der Waals surface area contributed by atoms with Gasteiger partial charge in [-0.05, 0) is 36.3 Å². The van der Waals surface area contributed by atoms with Crippen LogP contribution < -0.4 is 9.47 Å². The number of ether oxygens (including phenoxy) is 2. The smallest absolute Gasteiger partial charge is 0.130 e. The largest absolute Gasteiger partial charge is 0.496 e. The number of nitrogens with zero attached hydrogens (tertiary/aromatic N) is 1. The van der Waals surface area contributed by atoms with Gasteiger partial charge in [-0.3, -0.25) is 4.98 Å². The highest BCUT2D eigenvalue weighted by Gasteiger charge is 2.12. The fourth-order valence-electron chi connectivity index (χ4n) is 1.94. The zero-order chi connectivity index (χ0) is 14.5. The van der Waals surface area contributed by atoms with Gasteiger partial charge in [0.2, 0.25) is 0 Å². The van der Waals surface area contributed by atoms with E-state index in [1.807, 2.05) is 42.9 Å². The van der Waals surface area contributed by atoms with E-state index in [2.05, 4.69) is 11.6 Å². The van der Waals surface area contributed by atoms with Gasteiger partial charge in [-0.2, -0.15) is 0 Å². The standard InChI is InChI=1S/C16H17NO2S/c1-11(2)16-14(18-3)7-12(8-15(16)19-4)5-6-13-9-17-10-20-13/h5-10H,1H2,2-4H3/b6-5+. The van der Waals surface area contributed by atoms with Crippen LogP contribution in [0, 0.1) is 0 Å². The molecule has 4 heteroatoms. The van der Waals surface area contributed by atoms with Crippen molar-refractivity contribution in [1.29, 1.82) is 0 Å². The molecule has 0 fully saturated rings. The number of benzene rings is 1. The maximum atomic E-state index is 5.44. The normalized spacial score (nSPS) is 10.8. The van der Waals surface area contributed by atoms with E-state index in [1.54, 1.807) is 25.6 Å². The summed E-state index contributed by atoms with van der Waals surface area (Å²) in [5.41, 5.74) is 4.64. The van der Waals surface area contributed by atoms with Crippen molar-refractivity contribution in [2.75, 3.05) is 14.2 Å². The number of rotatable bonds is 5. The lowest BCUT2D eigenvalue weighted by atomic mass is 10.0. The van der Waals surface area contributed by atoms with Gasteiger partial charge in [-0.15, -0.1) is 11.3 Å². The fourth-order valence-corrected chi connectivity index (χ4v) is 2.45. The zero-order valence-corrected chi connectivity index (χ0v) is 12.7. The Kier molecular flexibility index (Phi) is 4.58. The minimum Gasteiger partial charge on any atom is -0.496 e. The Morgan fingerprint density at radius 2 is 1.85 bits per heavy atom. The fraction of sp³-hybridized carbons (Fsp3) is 0.188. The molecule has 0 radical (unpaired) electrons. The van der Waals surface area contributed by atoms with Crippen molar-refractivity contribution in [3.63, 3.8) is 0 Å². The molecule has 104 valence electrons. The quantitative estimate of drug-likeness (QED) is 0.818. The first-order chi connectivity index (χ1) is 9.65. The van der Waals surface area contributed by atoms with Crippen LogP contribution in [0.4, 0.5) is 0 Å². The van der Waals surface area contributed by atoms with Gasteiger partial charge in [0.05, 0.1) is 25.3 Å². The lowest BCUT2D eigenvalue weighted by Gasteiger charge is -2.14. The Labute approximate surface area is 123 Å². The molecule has 1 aromatic heterocycles. The van der Waals surface area contributed by atoms with E-state index in [0.717, 1.165) is 33.1 Å². The number of allylic oxidation sites excluding steroid dienone is 1. The molecule has 1 aromatic carbocycles. The highest BCUT2D eigenvalue weighted by atomic mass is 32.1. The predicted octanol–water partition coefficient (Wildman–Crippen LogP) is 4.36. The van der Waals surface area contributed by atoms with Crippen LogP contribution >= 0.6 is 11.3 Å². The van der Waals surface area contributed by atoms with Crippen LogP contribution in [0.25, 0.3) is 17.7 Å². The lowest BCUT2D eigenvalue weighted by molar-refractivity contribution is 0.392. The third-order valence-electron chi connectivity index (χ3n) is 2.85. The minimum atomic E-state index is 0.765. The van der Waals surface area contributed by atoms with Gasteiger partial charge < -0.3 is 9.47 Å². The predicted molar refractivity (Wildman–Crippen MR) is 85.3 cm³/mol. The molecule has 0 spiro atoms. The van der Waals surface area contributed by atoms with Crippen molar-refractivity contribution in [2.24, 2.45) is 0 Å². The van der Waals surface area contributed by atoms with Crippen molar-refractivity contribution in [1.82, 2.24) is 4.98 Å². The Hall–Kier alpha value is -2.07. The molecule has 0 aliphatic heterocycles. The molecule has 2 rings (SSSR count). The molecule has 2 aromatic rings. The van der Waals surface area contributed by atoms with Crippen molar-refractivity contribution in [3.8, 4) is 11.5 Å². The monoisotopic (exact) mass is 287 g/mol. The molecule has 0 amide bonds. The number of aromatic nitrogens is 1. The van der Waals surface area contributed by atoms with Crippen molar-refractivity contribution >= 4 is 29.1 Å². The number of hydrogen-bond acceptors (Lipinski definition) is 4. The molecule has 0 N–H and O–H groups in total. The summed E-state index contributed by atoms with van der Waals surface area (Å²) in [6.45, 7) is 5.91. The van der Waals surface area contributed by atoms with E-state index < -0.39 is 0 Å². The van der Waals surface area contributed by atoms with E-state index in [1.165, 1.54) is 0 Å². The van der Waals surface area contributed by atoms with Gasteiger partial charge in [-0.1, -0.05) is 12.7 Å². The molecule has 3 nitrogen and oxygen atoms in total. The maximum Gasteiger partial charge on any atom is 0.130 e. The topological polar surface area (TPSA) is 31.4 Å². The molecule has 0 aliphatic rings. The van der Waals surface area contributed by atoms with Crippen LogP contribution in [0.15, 0.2) is 30.4 Å². The lowest BCUT2D eigenvalue weighted by Crippen LogP contribution is -1.95. The molecule has 0 aliphatic carbocycles. The molecule has 1 heterocycles. The summed E-state index contributed by atoms with van der Waals surface area (Å²) in [7, 11) is 3.30. The summed E-state index contributed by atoms with van der Waals surface area (Å²) >= 11 is 1.60. The average molecular weight is 287 g/mol. The molecule has 0 unspecified atom stereocenters. The molecule has 0 saturated carbocycles. The average Bonchev–Trinajstić information content (AvgIpc) is 2.96. The summed E-state index contributed by atoms with van der Waals surface area (Å²) in [6.07, 6.45) is 5.87. The number of thiazole rings is 1. The maximum absolute atomic E-state index is 5.44. The van der Waals surface area contributed by atoms with Gasteiger partial charge in [0, 0.05) is 11.1 Å². The molecular formula is C16H17NO2S. The highest BCUT2D eigenvalue weighted by molar-refractivity contribution is 7.10. The second-order valence-electron chi connectivity index (χ2n) is 4.32. The van der Waals surface area contributed by atoms with Crippen LogP contribution in [0.5, 0.6) is 11.5 Å². The summed E-state index contributed by atoms with van der Waals surface area (Å²) < 4.78 is 10.9. The van der Waals surface area contributed by atoms with Gasteiger partial charge in [-0.25, -0.2) is 0 Å². The molecular weight excluding hydrogens is 270 g/mol. The minimum absolute atomic E-state index is 0.765. The van der Waals surface area contributed by atoms with Gasteiger partial charge in [0.15, 0.2) is 0 Å². The Morgan fingerprint density at radius 1 is 1.20 bits per heavy atom. The molecule has 20 heavy (non-hydrogen) atoms. The number of hydrogen-bond donors (Lipinski definition) is 0. The van der Waals surface area contributed by atoms with Gasteiger partial charge in [0.1, 0.15) is 11.5 Å². The first-order valence-electron chi connectivity index (χ1n) is 6.14. The molecule has 0 bridgehead atoms. The summed E-state index contributed by atoms with van der Waals surface area (Å²) in [5, 5.41) is 0. The van der Waals surface area contributed by atoms with E-state index >= 15 is 0 Å². The van der Waals surface area contributed by atoms with Crippen molar-refractivity contribution in [2.45, 2.75) is 6.92 Å². The van der Waals surface area contributed by atoms with Crippen LogP contribution in [-0.2, 0) is 0 Å². The summed E-state index contributed by atoms with van der Waals surface area (Å²) in [6, 6.07) is 3.95. The van der Waals surface area contributed by atoms with E-state index in [-0.39, 0.29) is 0 Å². The Morgan fingerprint density at radius 3 is 2.30 bits per heavy atom. The Balaban J connectivity index is 2.43. The zero-order valence-electron chi connectivity index (χ0n) is 11.8. The van der Waals surface area contributed by atoms with E-state index in [9.17, 15) is 0 Å². The third-order valence-corrected chi connectivity index (χ3v) is 3.59. The van der Waals surface area contributed by atoms with Crippen molar-refractivity contribution < 1.29 is 9.47 Å². The molecule has 0 atom stereocenters. The Bertz CT molecular complexity index is 605. The first kappa shape index (κ1) is 14.3. The van der Waals surface area contributed by atoms with Crippen LogP contribution in [-0.4, -0.2) is 19.2 Å². The van der Waals surface area contributed by atoms with Crippen LogP contribution in [0.1, 0.15) is 22.9 Å². The van der Waals surface area contributed by atoms with E-state index in [4.69, 9.17) is 9.47 Å². The van der Waals surface area contributed by atoms with Crippen LogP contribution in [0.2, 0.25) is 0 Å². The summed E-state index contributed by atoms with van der Waals surface area (Å²) in [4.78, 5) is 5.15. The first-order valence-corrected chi connectivity index (χ1v) is 7.02. The SMILES string of the molecule is C=C(C)c1c(OC)cc(/C=C/c2cncs2)cc1OC. The highest BCUT2D eigenvalue weighted by Crippen LogP contribution is 2.35. The van der Waals surface area contributed by atoms with Crippen LogP contribution in [0.3, 0.4) is 0 Å². The van der Waals surface area contributed by atoms with Gasteiger partial charge >= 0.3 is 0 Å². The second kappa shape index (κ2) is 6.39. The third kappa shape index (κ3) is 3.08.